The summed E-state index contributed by atoms with van der Waals surface area (Å²) in [6.45, 7) is 0. The zero-order valence-electron chi connectivity index (χ0n) is 9.63. The summed E-state index contributed by atoms with van der Waals surface area (Å²) in [5.74, 6) is -1.64. The number of hydrogen-bond acceptors (Lipinski definition) is 3. The van der Waals surface area contributed by atoms with Crippen molar-refractivity contribution in [2.75, 3.05) is 7.11 Å². The van der Waals surface area contributed by atoms with Gasteiger partial charge < -0.3 is 4.74 Å². The number of ether oxygens (including phenoxy) is 1. The minimum absolute atomic E-state index is 0.142. The average molecular weight is 323 g/mol. The molecular weight excluding hydrogens is 316 g/mol. The molecular formula is C9H7F6NO3S. The number of methoxy groups -OCH3 is 1. The van der Waals surface area contributed by atoms with Gasteiger partial charge in [0.25, 0.3) is 0 Å². The van der Waals surface area contributed by atoms with Crippen molar-refractivity contribution in [3.05, 3.63) is 23.3 Å². The summed E-state index contributed by atoms with van der Waals surface area (Å²) in [5.41, 5.74) is -3.84. The SMILES string of the molecule is COc1c(C(F)(F)F)ccc(S(N)(=O)=O)c1C(F)(F)F. The fourth-order valence-corrected chi connectivity index (χ4v) is 2.26. The molecule has 1 aromatic rings. The third-order valence-corrected chi connectivity index (χ3v) is 3.17. The summed E-state index contributed by atoms with van der Waals surface area (Å²) in [4.78, 5) is -1.49. The van der Waals surface area contributed by atoms with Crippen LogP contribution < -0.4 is 9.88 Å². The maximum Gasteiger partial charge on any atom is 0.421 e. The van der Waals surface area contributed by atoms with Crippen LogP contribution in [0.1, 0.15) is 11.1 Å². The quantitative estimate of drug-likeness (QED) is 0.850. The normalized spacial score (nSPS) is 13.4. The van der Waals surface area contributed by atoms with Gasteiger partial charge in [-0.25, -0.2) is 13.6 Å². The minimum atomic E-state index is -5.39. The molecule has 0 aliphatic rings. The second-order valence-electron chi connectivity index (χ2n) is 3.56. The number of alkyl halides is 6. The lowest BCUT2D eigenvalue weighted by Gasteiger charge is -2.19. The summed E-state index contributed by atoms with van der Waals surface area (Å²) >= 11 is 0. The molecule has 1 rings (SSSR count). The van der Waals surface area contributed by atoms with Crippen molar-refractivity contribution in [1.82, 2.24) is 0 Å². The van der Waals surface area contributed by atoms with E-state index >= 15 is 0 Å². The van der Waals surface area contributed by atoms with Crippen LogP contribution >= 0.6 is 0 Å². The van der Waals surface area contributed by atoms with E-state index in [0.717, 1.165) is 0 Å². The fourth-order valence-electron chi connectivity index (χ4n) is 1.51. The molecule has 0 spiro atoms. The monoisotopic (exact) mass is 323 g/mol. The van der Waals surface area contributed by atoms with Crippen LogP contribution in [-0.4, -0.2) is 15.5 Å². The molecule has 2 N–H and O–H groups in total. The average Bonchev–Trinajstić information content (AvgIpc) is 2.23. The Bertz CT molecular complexity index is 620. The van der Waals surface area contributed by atoms with Gasteiger partial charge in [-0.3, -0.25) is 0 Å². The number of sulfonamides is 1. The van der Waals surface area contributed by atoms with Crippen LogP contribution in [0.5, 0.6) is 5.75 Å². The summed E-state index contributed by atoms with van der Waals surface area (Å²) < 4.78 is 103. The molecule has 0 saturated carbocycles. The minimum Gasteiger partial charge on any atom is -0.495 e. The van der Waals surface area contributed by atoms with Crippen LogP contribution in [0.2, 0.25) is 0 Å². The molecule has 0 bridgehead atoms. The van der Waals surface area contributed by atoms with E-state index in [0.29, 0.717) is 7.11 Å². The van der Waals surface area contributed by atoms with Gasteiger partial charge in [0.1, 0.15) is 11.3 Å². The van der Waals surface area contributed by atoms with Gasteiger partial charge >= 0.3 is 12.4 Å². The van der Waals surface area contributed by atoms with Crippen molar-refractivity contribution in [3.8, 4) is 5.75 Å². The maximum absolute atomic E-state index is 12.8. The molecule has 4 nitrogen and oxygen atoms in total. The van der Waals surface area contributed by atoms with Gasteiger partial charge in [-0.15, -0.1) is 0 Å². The first-order valence-corrected chi connectivity index (χ1v) is 6.23. The van der Waals surface area contributed by atoms with Crippen LogP contribution in [0.3, 0.4) is 0 Å². The highest BCUT2D eigenvalue weighted by Gasteiger charge is 2.45. The van der Waals surface area contributed by atoms with Gasteiger partial charge in [0.05, 0.1) is 17.6 Å². The zero-order chi connectivity index (χ0) is 15.9. The Kier molecular flexibility index (Phi) is 3.98. The molecule has 1 aromatic carbocycles. The number of primary sulfonamides is 1. The topological polar surface area (TPSA) is 69.4 Å². The second-order valence-corrected chi connectivity index (χ2v) is 5.09. The molecule has 0 saturated heterocycles. The molecule has 0 atom stereocenters. The summed E-state index contributed by atoms with van der Waals surface area (Å²) in [7, 11) is -4.32. The van der Waals surface area contributed by atoms with E-state index in [4.69, 9.17) is 0 Å². The van der Waals surface area contributed by atoms with E-state index in [1.807, 2.05) is 0 Å². The zero-order valence-corrected chi connectivity index (χ0v) is 10.4. The fraction of sp³-hybridized carbons (Fsp3) is 0.333. The van der Waals surface area contributed by atoms with Crippen molar-refractivity contribution in [2.24, 2.45) is 5.14 Å². The van der Waals surface area contributed by atoms with Gasteiger partial charge in [-0.1, -0.05) is 0 Å². The molecule has 0 aliphatic carbocycles. The number of nitrogens with two attached hydrogens (primary N) is 1. The van der Waals surface area contributed by atoms with Crippen LogP contribution in [0.25, 0.3) is 0 Å². The Labute approximate surface area is 109 Å². The van der Waals surface area contributed by atoms with Crippen molar-refractivity contribution in [1.29, 1.82) is 0 Å². The summed E-state index contributed by atoms with van der Waals surface area (Å²) in [6.07, 6.45) is -10.5. The highest BCUT2D eigenvalue weighted by Crippen LogP contribution is 2.46. The van der Waals surface area contributed by atoms with Crippen LogP contribution in [0.4, 0.5) is 26.3 Å². The molecule has 0 aliphatic heterocycles. The summed E-state index contributed by atoms with van der Waals surface area (Å²) in [5, 5.41) is 4.57. The molecule has 11 heteroatoms. The van der Waals surface area contributed by atoms with E-state index in [-0.39, 0.29) is 12.1 Å². The summed E-state index contributed by atoms with van der Waals surface area (Å²) in [6, 6.07) is 0.303. The largest absolute Gasteiger partial charge is 0.495 e. The van der Waals surface area contributed by atoms with Gasteiger partial charge in [0.2, 0.25) is 10.0 Å². The van der Waals surface area contributed by atoms with Crippen molar-refractivity contribution < 1.29 is 39.5 Å². The standard InChI is InChI=1S/C9H7F6NO3S/c1-19-7-4(8(10,11)12)2-3-5(20(16,17)18)6(7)9(13,14)15/h2-3H,1H3,(H2,16,17,18). The first-order valence-electron chi connectivity index (χ1n) is 4.68. The van der Waals surface area contributed by atoms with E-state index in [2.05, 4.69) is 9.88 Å². The maximum atomic E-state index is 12.8. The Morgan fingerprint density at radius 1 is 1.05 bits per heavy atom. The van der Waals surface area contributed by atoms with Gasteiger partial charge in [0, 0.05) is 0 Å². The molecule has 0 heterocycles. The Morgan fingerprint density at radius 2 is 1.55 bits per heavy atom. The van der Waals surface area contributed by atoms with Crippen molar-refractivity contribution >= 4 is 10.0 Å². The highest BCUT2D eigenvalue weighted by atomic mass is 32.2. The Morgan fingerprint density at radius 3 is 1.85 bits per heavy atom. The van der Waals surface area contributed by atoms with Crippen LogP contribution in [0.15, 0.2) is 17.0 Å². The van der Waals surface area contributed by atoms with E-state index < -0.39 is 44.1 Å². The molecule has 0 unspecified atom stereocenters. The first kappa shape index (κ1) is 16.6. The second kappa shape index (κ2) is 4.81. The van der Waals surface area contributed by atoms with Crippen molar-refractivity contribution in [2.45, 2.75) is 17.2 Å². The van der Waals surface area contributed by atoms with Crippen LogP contribution in [-0.2, 0) is 22.4 Å². The van der Waals surface area contributed by atoms with Gasteiger partial charge in [-0.2, -0.15) is 26.3 Å². The van der Waals surface area contributed by atoms with Crippen LogP contribution in [0, 0.1) is 0 Å². The van der Waals surface area contributed by atoms with E-state index in [1.165, 1.54) is 0 Å². The van der Waals surface area contributed by atoms with Crippen molar-refractivity contribution in [3.63, 3.8) is 0 Å². The molecule has 0 radical (unpaired) electrons. The molecule has 20 heavy (non-hydrogen) atoms. The highest BCUT2D eigenvalue weighted by molar-refractivity contribution is 7.89. The first-order chi connectivity index (χ1) is 8.80. The predicted octanol–water partition coefficient (Wildman–Crippen LogP) is 2.38. The number of rotatable bonds is 2. The Balaban J connectivity index is 3.89. The lowest BCUT2D eigenvalue weighted by Crippen LogP contribution is -2.22. The third-order valence-electron chi connectivity index (χ3n) is 2.22. The van der Waals surface area contributed by atoms with E-state index in [9.17, 15) is 34.8 Å². The predicted molar refractivity (Wildman–Crippen MR) is 54.4 cm³/mol. The third kappa shape index (κ3) is 3.15. The number of hydrogen-bond donors (Lipinski definition) is 1. The lowest BCUT2D eigenvalue weighted by molar-refractivity contribution is -0.146. The molecule has 0 aromatic heterocycles. The molecule has 114 valence electrons. The number of halogens is 6. The molecule has 0 fully saturated rings. The smallest absolute Gasteiger partial charge is 0.421 e. The molecule has 0 amide bonds. The van der Waals surface area contributed by atoms with Gasteiger partial charge in [0.15, 0.2) is 0 Å². The van der Waals surface area contributed by atoms with E-state index in [1.54, 1.807) is 0 Å². The number of benzene rings is 1. The lowest BCUT2D eigenvalue weighted by atomic mass is 10.1. The van der Waals surface area contributed by atoms with Gasteiger partial charge in [-0.05, 0) is 12.1 Å². The Hall–Kier alpha value is -1.49.